The molecule has 0 aliphatic rings. The second-order valence-electron chi connectivity index (χ2n) is 4.81. The first-order valence-electron chi connectivity index (χ1n) is 4.64. The Hall–Kier alpha value is -0.130. The van der Waals surface area contributed by atoms with Gasteiger partial charge in [-0.2, -0.15) is 8.42 Å². The molecule has 0 heterocycles. The van der Waals surface area contributed by atoms with E-state index in [0.717, 1.165) is 6.26 Å². The van der Waals surface area contributed by atoms with E-state index in [2.05, 4.69) is 25.0 Å². The third kappa shape index (κ3) is 5.57. The molecule has 0 amide bonds. The summed E-state index contributed by atoms with van der Waals surface area (Å²) < 4.78 is 26.1. The molecule has 0 rings (SSSR count). The highest BCUT2D eigenvalue weighted by Gasteiger charge is 2.26. The minimum Gasteiger partial charge on any atom is -0.325 e. The first-order valence-corrected chi connectivity index (χ1v) is 6.45. The lowest BCUT2D eigenvalue weighted by Crippen LogP contribution is -2.40. The summed E-state index contributed by atoms with van der Waals surface area (Å²) in [4.78, 5) is 0. The van der Waals surface area contributed by atoms with E-state index in [-0.39, 0.29) is 24.0 Å². The van der Waals surface area contributed by atoms with Gasteiger partial charge in [0.25, 0.3) is 10.1 Å². The van der Waals surface area contributed by atoms with Crippen LogP contribution in [-0.2, 0) is 14.3 Å². The van der Waals surface area contributed by atoms with Crippen LogP contribution in [0.15, 0.2) is 0 Å². The maximum atomic E-state index is 10.7. The van der Waals surface area contributed by atoms with Crippen LogP contribution in [0.5, 0.6) is 0 Å². The van der Waals surface area contributed by atoms with Crippen LogP contribution in [0.1, 0.15) is 27.7 Å². The topological polar surface area (TPSA) is 69.4 Å². The van der Waals surface area contributed by atoms with Crippen molar-refractivity contribution in [2.24, 2.45) is 17.1 Å². The fraction of sp³-hybridized carbons (Fsp3) is 1.00. The summed E-state index contributed by atoms with van der Waals surface area (Å²) >= 11 is 0. The molecule has 0 aromatic carbocycles. The maximum Gasteiger partial charge on any atom is 0.264 e. The molecule has 0 aliphatic carbocycles. The summed E-state index contributed by atoms with van der Waals surface area (Å²) in [7, 11) is -3.38. The fourth-order valence-electron chi connectivity index (χ4n) is 0.989. The van der Waals surface area contributed by atoms with Crippen molar-refractivity contribution in [3.63, 3.8) is 0 Å². The SMILES string of the molecule is C[C@H]([C@@H](N)COS(C)(=O)=O)C(C)(C)C. The van der Waals surface area contributed by atoms with Crippen molar-refractivity contribution in [3.05, 3.63) is 0 Å². The number of hydrogen-bond acceptors (Lipinski definition) is 4. The van der Waals surface area contributed by atoms with Gasteiger partial charge in [0.05, 0.1) is 12.9 Å². The molecule has 2 atom stereocenters. The highest BCUT2D eigenvalue weighted by atomic mass is 32.2. The van der Waals surface area contributed by atoms with Crippen molar-refractivity contribution in [1.29, 1.82) is 0 Å². The van der Waals surface area contributed by atoms with Gasteiger partial charge in [-0.05, 0) is 11.3 Å². The minimum atomic E-state index is -3.38. The monoisotopic (exact) mass is 223 g/mol. The van der Waals surface area contributed by atoms with Crippen LogP contribution >= 0.6 is 0 Å². The zero-order valence-corrected chi connectivity index (χ0v) is 10.4. The van der Waals surface area contributed by atoms with Crippen molar-refractivity contribution in [3.8, 4) is 0 Å². The number of hydrogen-bond donors (Lipinski definition) is 1. The molecule has 0 aromatic rings. The van der Waals surface area contributed by atoms with Crippen molar-refractivity contribution in [2.75, 3.05) is 12.9 Å². The maximum absolute atomic E-state index is 10.7. The molecule has 0 radical (unpaired) electrons. The zero-order valence-electron chi connectivity index (χ0n) is 9.57. The molecule has 4 nitrogen and oxygen atoms in total. The first kappa shape index (κ1) is 13.9. The Morgan fingerprint density at radius 2 is 1.79 bits per heavy atom. The van der Waals surface area contributed by atoms with Crippen molar-refractivity contribution in [2.45, 2.75) is 33.7 Å². The smallest absolute Gasteiger partial charge is 0.264 e. The van der Waals surface area contributed by atoms with Gasteiger partial charge in [0.2, 0.25) is 0 Å². The van der Waals surface area contributed by atoms with E-state index in [9.17, 15) is 8.42 Å². The van der Waals surface area contributed by atoms with Gasteiger partial charge in [0, 0.05) is 6.04 Å². The van der Waals surface area contributed by atoms with Gasteiger partial charge < -0.3 is 5.73 Å². The highest BCUT2D eigenvalue weighted by Crippen LogP contribution is 2.27. The molecular formula is C9H21NO3S. The number of nitrogens with two attached hydrogens (primary N) is 1. The van der Waals surface area contributed by atoms with Gasteiger partial charge in [-0.3, -0.25) is 4.18 Å². The van der Waals surface area contributed by atoms with Crippen LogP contribution in [0.3, 0.4) is 0 Å². The van der Waals surface area contributed by atoms with Gasteiger partial charge in [-0.15, -0.1) is 0 Å². The van der Waals surface area contributed by atoms with Crippen molar-refractivity contribution >= 4 is 10.1 Å². The third-order valence-corrected chi connectivity index (χ3v) is 3.05. The normalized spacial score (nSPS) is 17.9. The molecule has 0 aromatic heterocycles. The minimum absolute atomic E-state index is 0.0528. The molecule has 0 unspecified atom stereocenters. The van der Waals surface area contributed by atoms with Gasteiger partial charge in [0.15, 0.2) is 0 Å². The van der Waals surface area contributed by atoms with E-state index in [0.29, 0.717) is 0 Å². The van der Waals surface area contributed by atoms with Crippen LogP contribution in [-0.4, -0.2) is 27.3 Å². The number of rotatable bonds is 4. The molecule has 0 fully saturated rings. The lowest BCUT2D eigenvalue weighted by Gasteiger charge is -2.31. The average molecular weight is 223 g/mol. The summed E-state index contributed by atoms with van der Waals surface area (Å²) in [6, 6.07) is -0.260. The van der Waals surface area contributed by atoms with Crippen LogP contribution in [0.4, 0.5) is 0 Å². The van der Waals surface area contributed by atoms with Crippen LogP contribution in [0.2, 0.25) is 0 Å². The second-order valence-corrected chi connectivity index (χ2v) is 6.45. The van der Waals surface area contributed by atoms with Gasteiger partial charge in [-0.1, -0.05) is 27.7 Å². The Morgan fingerprint density at radius 1 is 1.36 bits per heavy atom. The summed E-state index contributed by atoms with van der Waals surface area (Å²) in [6.07, 6.45) is 1.03. The molecule has 14 heavy (non-hydrogen) atoms. The molecule has 0 bridgehead atoms. The van der Waals surface area contributed by atoms with E-state index in [1.807, 2.05) is 6.92 Å². The average Bonchev–Trinajstić information content (AvgIpc) is 1.95. The van der Waals surface area contributed by atoms with Crippen LogP contribution in [0.25, 0.3) is 0 Å². The largest absolute Gasteiger partial charge is 0.325 e. The van der Waals surface area contributed by atoms with Gasteiger partial charge >= 0.3 is 0 Å². The van der Waals surface area contributed by atoms with Crippen molar-refractivity contribution < 1.29 is 12.6 Å². The second kappa shape index (κ2) is 4.59. The summed E-state index contributed by atoms with van der Waals surface area (Å²) in [6.45, 7) is 8.25. The summed E-state index contributed by atoms with van der Waals surface area (Å²) in [5.74, 6) is 0.198. The molecule has 0 saturated heterocycles. The summed E-state index contributed by atoms with van der Waals surface area (Å²) in [5, 5.41) is 0. The quantitative estimate of drug-likeness (QED) is 0.721. The molecule has 0 aliphatic heterocycles. The highest BCUT2D eigenvalue weighted by molar-refractivity contribution is 7.85. The Labute approximate surface area is 86.9 Å². The first-order chi connectivity index (χ1) is 6.04. The van der Waals surface area contributed by atoms with Crippen LogP contribution in [0, 0.1) is 11.3 Å². The van der Waals surface area contributed by atoms with E-state index >= 15 is 0 Å². The van der Waals surface area contributed by atoms with E-state index in [4.69, 9.17) is 5.73 Å². The molecule has 0 spiro atoms. The molecule has 0 saturated carbocycles. The standard InChI is InChI=1S/C9H21NO3S/c1-7(9(2,3)4)8(10)6-13-14(5,11)12/h7-8H,6,10H2,1-5H3/t7-,8+/m1/s1. The fourth-order valence-corrected chi connectivity index (χ4v) is 1.39. The van der Waals surface area contributed by atoms with Gasteiger partial charge in [-0.25, -0.2) is 0 Å². The molecule has 5 heteroatoms. The van der Waals surface area contributed by atoms with Crippen molar-refractivity contribution in [1.82, 2.24) is 0 Å². The molecule has 86 valence electrons. The predicted octanol–water partition coefficient (Wildman–Crippen LogP) is 0.972. The van der Waals surface area contributed by atoms with E-state index in [1.54, 1.807) is 0 Å². The van der Waals surface area contributed by atoms with E-state index < -0.39 is 10.1 Å². The van der Waals surface area contributed by atoms with Crippen LogP contribution < -0.4 is 5.73 Å². The predicted molar refractivity (Wildman–Crippen MR) is 57.4 cm³/mol. The molecular weight excluding hydrogens is 202 g/mol. The Balaban J connectivity index is 4.17. The Bertz CT molecular complexity index is 266. The zero-order chi connectivity index (χ0) is 11.6. The summed E-state index contributed by atoms with van der Waals surface area (Å²) in [5.41, 5.74) is 5.88. The lowest BCUT2D eigenvalue weighted by atomic mass is 9.78. The molecule has 2 N–H and O–H groups in total. The lowest BCUT2D eigenvalue weighted by molar-refractivity contribution is 0.173. The van der Waals surface area contributed by atoms with E-state index in [1.165, 1.54) is 0 Å². The Kier molecular flexibility index (Phi) is 4.55. The third-order valence-electron chi connectivity index (χ3n) is 2.48. The Morgan fingerprint density at radius 3 is 2.07 bits per heavy atom. The van der Waals surface area contributed by atoms with Gasteiger partial charge in [0.1, 0.15) is 0 Å².